The van der Waals surface area contributed by atoms with Crippen LogP contribution in [-0.2, 0) is 0 Å². The molecule has 1 nitrogen and oxygen atoms in total. The van der Waals surface area contributed by atoms with Crippen LogP contribution in [0, 0.1) is 0 Å². The molecular weight excluding hydrogens is 244 g/mol. The normalized spacial score (nSPS) is 11.0. The molecule has 0 bridgehead atoms. The largest absolute Gasteiger partial charge is 0.295 e. The van der Waals surface area contributed by atoms with Gasteiger partial charge in [0.15, 0.2) is 5.78 Å². The lowest BCUT2D eigenvalue weighted by Gasteiger charge is -2.07. The molecule has 18 heavy (non-hydrogen) atoms. The van der Waals surface area contributed by atoms with E-state index in [2.05, 4.69) is 0 Å². The first-order valence-electron chi connectivity index (χ1n) is 5.79. The van der Waals surface area contributed by atoms with E-state index in [4.69, 9.17) is 11.6 Å². The molecule has 2 heteroatoms. The van der Waals surface area contributed by atoms with Gasteiger partial charge >= 0.3 is 0 Å². The second-order valence-corrected chi connectivity index (χ2v) is 4.80. The molecule has 3 rings (SSSR count). The number of carbonyl (C=O) groups excluding carboxylic acids is 1. The van der Waals surface area contributed by atoms with Crippen molar-refractivity contribution < 1.29 is 4.79 Å². The van der Waals surface area contributed by atoms with Gasteiger partial charge in [0.25, 0.3) is 0 Å². The Morgan fingerprint density at radius 3 is 2.39 bits per heavy atom. The summed E-state index contributed by atoms with van der Waals surface area (Å²) in [4.78, 5) is 11.5. The molecule has 3 aromatic carbocycles. The molecule has 0 saturated carbocycles. The molecule has 0 aliphatic rings. The predicted octanol–water partition coefficient (Wildman–Crippen LogP) is 4.85. The van der Waals surface area contributed by atoms with E-state index in [1.165, 1.54) is 0 Å². The topological polar surface area (TPSA) is 17.1 Å². The predicted molar refractivity (Wildman–Crippen MR) is 76.5 cm³/mol. The van der Waals surface area contributed by atoms with Gasteiger partial charge in [-0.25, -0.2) is 0 Å². The van der Waals surface area contributed by atoms with Crippen LogP contribution in [0.25, 0.3) is 21.5 Å². The quantitative estimate of drug-likeness (QED) is 0.448. The van der Waals surface area contributed by atoms with Gasteiger partial charge in [-0.3, -0.25) is 4.79 Å². The van der Waals surface area contributed by atoms with E-state index in [0.29, 0.717) is 0 Å². The number of halogens is 1. The van der Waals surface area contributed by atoms with Gasteiger partial charge in [-0.2, -0.15) is 0 Å². The van der Waals surface area contributed by atoms with Crippen LogP contribution in [0.1, 0.15) is 17.3 Å². The molecule has 0 unspecified atom stereocenters. The molecule has 0 aromatic heterocycles. The van der Waals surface area contributed by atoms with E-state index in [-0.39, 0.29) is 5.78 Å². The van der Waals surface area contributed by atoms with Crippen molar-refractivity contribution in [3.8, 4) is 0 Å². The van der Waals surface area contributed by atoms with Crippen molar-refractivity contribution >= 4 is 38.9 Å². The molecule has 0 N–H and O–H groups in total. The van der Waals surface area contributed by atoms with Crippen LogP contribution in [0.15, 0.2) is 48.5 Å². The minimum Gasteiger partial charge on any atom is -0.295 e. The van der Waals surface area contributed by atoms with Gasteiger partial charge in [0.05, 0.1) is 0 Å². The number of hydrogen-bond donors (Lipinski definition) is 0. The monoisotopic (exact) mass is 254 g/mol. The molecule has 0 heterocycles. The minimum atomic E-state index is 0.0796. The molecule has 0 fully saturated rings. The maximum absolute atomic E-state index is 11.5. The molecule has 0 aliphatic heterocycles. The average Bonchev–Trinajstić information content (AvgIpc) is 2.38. The summed E-state index contributed by atoms with van der Waals surface area (Å²) in [5, 5.41) is 4.98. The molecule has 0 radical (unpaired) electrons. The van der Waals surface area contributed by atoms with E-state index >= 15 is 0 Å². The van der Waals surface area contributed by atoms with Gasteiger partial charge in [-0.15, -0.1) is 0 Å². The van der Waals surface area contributed by atoms with Crippen LogP contribution in [0.2, 0.25) is 5.02 Å². The molecule has 0 atom stereocenters. The maximum Gasteiger partial charge on any atom is 0.159 e. The van der Waals surface area contributed by atoms with Gasteiger partial charge in [0.2, 0.25) is 0 Å². The van der Waals surface area contributed by atoms with Crippen molar-refractivity contribution in [3.63, 3.8) is 0 Å². The number of fused-ring (bicyclic) bond motifs is 3. The van der Waals surface area contributed by atoms with Gasteiger partial charge in [0.1, 0.15) is 0 Å². The van der Waals surface area contributed by atoms with E-state index in [1.807, 2.05) is 48.5 Å². The summed E-state index contributed by atoms with van der Waals surface area (Å²) in [6.07, 6.45) is 0. The highest BCUT2D eigenvalue weighted by Crippen LogP contribution is 2.32. The summed E-state index contributed by atoms with van der Waals surface area (Å²) in [6.45, 7) is 1.58. The van der Waals surface area contributed by atoms with Crippen LogP contribution in [-0.4, -0.2) is 5.78 Å². The SMILES string of the molecule is CC(=O)c1ccc2cc(Cl)c3ccccc3c2c1. The van der Waals surface area contributed by atoms with Crippen molar-refractivity contribution in [2.45, 2.75) is 6.92 Å². The van der Waals surface area contributed by atoms with E-state index in [1.54, 1.807) is 6.92 Å². The molecule has 0 spiro atoms. The summed E-state index contributed by atoms with van der Waals surface area (Å²) in [7, 11) is 0. The lowest BCUT2D eigenvalue weighted by Crippen LogP contribution is -1.91. The van der Waals surface area contributed by atoms with Gasteiger partial charge < -0.3 is 0 Å². The standard InChI is InChI=1S/C16H11ClO/c1-10(18)11-6-7-12-9-16(17)14-5-3-2-4-13(14)15(12)8-11/h2-9H,1H3. The smallest absolute Gasteiger partial charge is 0.159 e. The molecule has 0 aliphatic carbocycles. The van der Waals surface area contributed by atoms with Gasteiger partial charge in [-0.1, -0.05) is 48.0 Å². The van der Waals surface area contributed by atoms with E-state index in [0.717, 1.165) is 32.1 Å². The summed E-state index contributed by atoms with van der Waals surface area (Å²) in [5.41, 5.74) is 0.731. The van der Waals surface area contributed by atoms with Crippen molar-refractivity contribution in [2.75, 3.05) is 0 Å². The average molecular weight is 255 g/mol. The van der Waals surface area contributed by atoms with Crippen LogP contribution in [0.5, 0.6) is 0 Å². The third-order valence-electron chi connectivity index (χ3n) is 3.22. The number of rotatable bonds is 1. The third-order valence-corrected chi connectivity index (χ3v) is 3.53. The third kappa shape index (κ3) is 1.68. The summed E-state index contributed by atoms with van der Waals surface area (Å²) in [6, 6.07) is 15.7. The lowest BCUT2D eigenvalue weighted by atomic mass is 9.99. The van der Waals surface area contributed by atoms with Crippen LogP contribution in [0.4, 0.5) is 0 Å². The molecular formula is C16H11ClO. The molecule has 0 saturated heterocycles. The Morgan fingerprint density at radius 2 is 1.67 bits per heavy atom. The molecule has 88 valence electrons. The summed E-state index contributed by atoms with van der Waals surface area (Å²) < 4.78 is 0. The first-order valence-corrected chi connectivity index (χ1v) is 6.16. The highest BCUT2D eigenvalue weighted by molar-refractivity contribution is 6.37. The number of benzene rings is 3. The second kappa shape index (κ2) is 4.11. The van der Waals surface area contributed by atoms with E-state index < -0.39 is 0 Å². The molecule has 3 aromatic rings. The Labute approximate surface area is 110 Å². The van der Waals surface area contributed by atoms with E-state index in [9.17, 15) is 4.79 Å². The van der Waals surface area contributed by atoms with Crippen LogP contribution >= 0.6 is 11.6 Å². The number of ketones is 1. The van der Waals surface area contributed by atoms with Crippen molar-refractivity contribution in [1.29, 1.82) is 0 Å². The van der Waals surface area contributed by atoms with Crippen LogP contribution < -0.4 is 0 Å². The minimum absolute atomic E-state index is 0.0796. The fourth-order valence-corrected chi connectivity index (χ4v) is 2.56. The first kappa shape index (κ1) is 11.2. The number of hydrogen-bond acceptors (Lipinski definition) is 1. The Kier molecular flexibility index (Phi) is 2.57. The number of Topliss-reactive ketones (excluding diaryl/α,β-unsaturated/α-hetero) is 1. The van der Waals surface area contributed by atoms with Gasteiger partial charge in [0, 0.05) is 16.0 Å². The van der Waals surface area contributed by atoms with Crippen molar-refractivity contribution in [2.24, 2.45) is 0 Å². The van der Waals surface area contributed by atoms with Gasteiger partial charge in [-0.05, 0) is 35.2 Å². The Hall–Kier alpha value is -1.86. The molecule has 0 amide bonds. The maximum atomic E-state index is 11.5. The highest BCUT2D eigenvalue weighted by Gasteiger charge is 2.07. The zero-order chi connectivity index (χ0) is 12.7. The fraction of sp³-hybridized carbons (Fsp3) is 0.0625. The Bertz CT molecular complexity index is 774. The lowest BCUT2D eigenvalue weighted by molar-refractivity contribution is 0.101. The summed E-state index contributed by atoms with van der Waals surface area (Å²) in [5.74, 6) is 0.0796. The Balaban J connectivity index is 2.50. The highest BCUT2D eigenvalue weighted by atomic mass is 35.5. The van der Waals surface area contributed by atoms with Crippen molar-refractivity contribution in [1.82, 2.24) is 0 Å². The zero-order valence-corrected chi connectivity index (χ0v) is 10.7. The first-order chi connectivity index (χ1) is 8.66. The second-order valence-electron chi connectivity index (χ2n) is 4.40. The Morgan fingerprint density at radius 1 is 0.944 bits per heavy atom. The van der Waals surface area contributed by atoms with Crippen molar-refractivity contribution in [3.05, 3.63) is 59.1 Å². The summed E-state index contributed by atoms with van der Waals surface area (Å²) >= 11 is 6.27. The zero-order valence-electron chi connectivity index (χ0n) is 9.91. The van der Waals surface area contributed by atoms with Crippen LogP contribution in [0.3, 0.4) is 0 Å². The number of carbonyl (C=O) groups is 1. The fourth-order valence-electron chi connectivity index (χ4n) is 2.27.